The Hall–Kier alpha value is -1.82. The standard InChI is InChI=1S/C16H14Cl3N5/c1-8-4-9(2)24(23-8)15-7-14(20-10(3)21-15)22-16-12(18)5-11(17)6-13(16)19/h4-7H,1-3H3,(H,20,21,22). The molecule has 0 atom stereocenters. The molecule has 0 saturated carbocycles. The van der Waals surface area contributed by atoms with Crippen LogP contribution in [0.25, 0.3) is 5.82 Å². The van der Waals surface area contributed by atoms with E-state index in [4.69, 9.17) is 34.8 Å². The molecule has 0 amide bonds. The van der Waals surface area contributed by atoms with E-state index in [9.17, 15) is 0 Å². The number of aryl methyl sites for hydroxylation is 3. The zero-order chi connectivity index (χ0) is 17.4. The summed E-state index contributed by atoms with van der Waals surface area (Å²) < 4.78 is 1.76. The summed E-state index contributed by atoms with van der Waals surface area (Å²) >= 11 is 18.4. The fourth-order valence-electron chi connectivity index (χ4n) is 2.37. The predicted octanol–water partition coefficient (Wildman–Crippen LogP) is 5.29. The van der Waals surface area contributed by atoms with Crippen LogP contribution in [-0.4, -0.2) is 19.7 Å². The summed E-state index contributed by atoms with van der Waals surface area (Å²) in [6.45, 7) is 5.72. The molecule has 0 aliphatic heterocycles. The smallest absolute Gasteiger partial charge is 0.159 e. The number of halogens is 3. The zero-order valence-electron chi connectivity index (χ0n) is 13.2. The van der Waals surface area contributed by atoms with Crippen LogP contribution < -0.4 is 5.32 Å². The highest BCUT2D eigenvalue weighted by atomic mass is 35.5. The van der Waals surface area contributed by atoms with Gasteiger partial charge in [-0.1, -0.05) is 34.8 Å². The Morgan fingerprint density at radius 1 is 0.917 bits per heavy atom. The van der Waals surface area contributed by atoms with E-state index in [1.807, 2.05) is 26.8 Å². The fourth-order valence-corrected chi connectivity index (χ4v) is 3.29. The van der Waals surface area contributed by atoms with Gasteiger partial charge in [-0.05, 0) is 39.0 Å². The van der Waals surface area contributed by atoms with E-state index in [0.717, 1.165) is 11.4 Å². The van der Waals surface area contributed by atoms with Crippen LogP contribution in [0.1, 0.15) is 17.2 Å². The van der Waals surface area contributed by atoms with Gasteiger partial charge >= 0.3 is 0 Å². The second-order valence-corrected chi connectivity index (χ2v) is 6.62. The second-order valence-electron chi connectivity index (χ2n) is 5.37. The van der Waals surface area contributed by atoms with E-state index >= 15 is 0 Å². The van der Waals surface area contributed by atoms with Crippen molar-refractivity contribution in [2.75, 3.05) is 5.32 Å². The van der Waals surface area contributed by atoms with E-state index < -0.39 is 0 Å². The first-order valence-electron chi connectivity index (χ1n) is 7.14. The number of anilines is 2. The molecule has 0 saturated heterocycles. The molecule has 124 valence electrons. The molecule has 3 rings (SSSR count). The van der Waals surface area contributed by atoms with Gasteiger partial charge in [0.05, 0.1) is 21.4 Å². The van der Waals surface area contributed by atoms with Crippen LogP contribution in [0.4, 0.5) is 11.5 Å². The van der Waals surface area contributed by atoms with Gasteiger partial charge in [-0.25, -0.2) is 14.6 Å². The zero-order valence-corrected chi connectivity index (χ0v) is 15.5. The average Bonchev–Trinajstić information content (AvgIpc) is 2.81. The molecule has 0 aliphatic rings. The van der Waals surface area contributed by atoms with E-state index in [2.05, 4.69) is 20.4 Å². The van der Waals surface area contributed by atoms with E-state index in [1.54, 1.807) is 22.9 Å². The molecule has 2 aromatic heterocycles. The highest BCUT2D eigenvalue weighted by Gasteiger charge is 2.12. The van der Waals surface area contributed by atoms with E-state index in [0.29, 0.717) is 38.2 Å². The van der Waals surface area contributed by atoms with Crippen molar-refractivity contribution in [2.24, 2.45) is 0 Å². The van der Waals surface area contributed by atoms with Crippen molar-refractivity contribution in [3.8, 4) is 5.82 Å². The highest BCUT2D eigenvalue weighted by molar-refractivity contribution is 6.41. The average molecular weight is 383 g/mol. The van der Waals surface area contributed by atoms with Crippen LogP contribution in [0.5, 0.6) is 0 Å². The highest BCUT2D eigenvalue weighted by Crippen LogP contribution is 2.35. The minimum Gasteiger partial charge on any atom is -0.338 e. The van der Waals surface area contributed by atoms with Gasteiger partial charge < -0.3 is 5.32 Å². The van der Waals surface area contributed by atoms with Crippen LogP contribution >= 0.6 is 34.8 Å². The van der Waals surface area contributed by atoms with Gasteiger partial charge in [0.1, 0.15) is 11.6 Å². The molecule has 2 heterocycles. The quantitative estimate of drug-likeness (QED) is 0.668. The van der Waals surface area contributed by atoms with Crippen molar-refractivity contribution >= 4 is 46.3 Å². The number of hydrogen-bond donors (Lipinski definition) is 1. The monoisotopic (exact) mass is 381 g/mol. The molecule has 8 heteroatoms. The van der Waals surface area contributed by atoms with Gasteiger partial charge in [0.15, 0.2) is 5.82 Å². The van der Waals surface area contributed by atoms with Gasteiger partial charge in [0.25, 0.3) is 0 Å². The third-order valence-electron chi connectivity index (χ3n) is 3.31. The summed E-state index contributed by atoms with van der Waals surface area (Å²) in [4.78, 5) is 8.82. The van der Waals surface area contributed by atoms with Gasteiger partial charge in [0, 0.05) is 16.8 Å². The van der Waals surface area contributed by atoms with Crippen molar-refractivity contribution in [3.63, 3.8) is 0 Å². The fraction of sp³-hybridized carbons (Fsp3) is 0.188. The third kappa shape index (κ3) is 3.48. The molecule has 24 heavy (non-hydrogen) atoms. The lowest BCUT2D eigenvalue weighted by Crippen LogP contribution is -2.06. The number of nitrogens with one attached hydrogen (secondary N) is 1. The lowest BCUT2D eigenvalue weighted by atomic mass is 10.3. The Bertz CT molecular complexity index is 897. The minimum atomic E-state index is 0.413. The van der Waals surface area contributed by atoms with Gasteiger partial charge in [0.2, 0.25) is 0 Å². The molecule has 0 unspecified atom stereocenters. The maximum Gasteiger partial charge on any atom is 0.159 e. The first kappa shape index (κ1) is 17.0. The molecule has 0 fully saturated rings. The van der Waals surface area contributed by atoms with E-state index in [-0.39, 0.29) is 0 Å². The summed E-state index contributed by atoms with van der Waals surface area (Å²) in [5.74, 6) is 1.83. The van der Waals surface area contributed by atoms with Gasteiger partial charge in [-0.2, -0.15) is 5.10 Å². The summed E-state index contributed by atoms with van der Waals surface area (Å²) in [5, 5.41) is 8.87. The van der Waals surface area contributed by atoms with Crippen LogP contribution in [0.3, 0.4) is 0 Å². The summed E-state index contributed by atoms with van der Waals surface area (Å²) in [6, 6.07) is 7.01. The lowest BCUT2D eigenvalue weighted by molar-refractivity contribution is 0.794. The number of benzene rings is 1. The number of nitrogens with zero attached hydrogens (tertiary/aromatic N) is 4. The normalized spacial score (nSPS) is 10.9. The van der Waals surface area contributed by atoms with Crippen LogP contribution in [0.2, 0.25) is 15.1 Å². The van der Waals surface area contributed by atoms with Crippen LogP contribution in [0, 0.1) is 20.8 Å². The molecule has 1 N–H and O–H groups in total. The molecule has 0 radical (unpaired) electrons. The molecule has 3 aromatic rings. The molecule has 0 bridgehead atoms. The summed E-state index contributed by atoms with van der Waals surface area (Å²) in [7, 11) is 0. The predicted molar refractivity (Wildman–Crippen MR) is 98.1 cm³/mol. The largest absolute Gasteiger partial charge is 0.338 e. The minimum absolute atomic E-state index is 0.413. The van der Waals surface area contributed by atoms with Crippen molar-refractivity contribution in [3.05, 3.63) is 56.5 Å². The molecule has 0 spiro atoms. The van der Waals surface area contributed by atoms with Crippen molar-refractivity contribution < 1.29 is 0 Å². The second kappa shape index (κ2) is 6.59. The Morgan fingerprint density at radius 2 is 1.58 bits per heavy atom. The van der Waals surface area contributed by atoms with Crippen molar-refractivity contribution in [1.29, 1.82) is 0 Å². The topological polar surface area (TPSA) is 55.6 Å². The summed E-state index contributed by atoms with van der Waals surface area (Å²) in [5.41, 5.74) is 2.45. The molecular weight excluding hydrogens is 369 g/mol. The Labute approximate surface area is 154 Å². The number of rotatable bonds is 3. The van der Waals surface area contributed by atoms with Crippen LogP contribution in [-0.2, 0) is 0 Å². The first-order chi connectivity index (χ1) is 11.3. The third-order valence-corrected chi connectivity index (χ3v) is 4.13. The Balaban J connectivity index is 2.03. The molecule has 1 aromatic carbocycles. The molecule has 5 nitrogen and oxygen atoms in total. The molecule has 0 aliphatic carbocycles. The number of aromatic nitrogens is 4. The molecular formula is C16H14Cl3N5. The Kier molecular flexibility index (Phi) is 4.67. The first-order valence-corrected chi connectivity index (χ1v) is 8.28. The van der Waals surface area contributed by atoms with E-state index in [1.165, 1.54) is 0 Å². The maximum absolute atomic E-state index is 6.22. The number of hydrogen-bond acceptors (Lipinski definition) is 4. The lowest BCUT2D eigenvalue weighted by Gasteiger charge is -2.12. The SMILES string of the molecule is Cc1cc(C)n(-c2cc(Nc3c(Cl)cc(Cl)cc3Cl)nc(C)n2)n1. The van der Waals surface area contributed by atoms with Gasteiger partial charge in [-0.15, -0.1) is 0 Å². The maximum atomic E-state index is 6.22. The van der Waals surface area contributed by atoms with Crippen molar-refractivity contribution in [2.45, 2.75) is 20.8 Å². The van der Waals surface area contributed by atoms with Gasteiger partial charge in [-0.3, -0.25) is 0 Å². The van der Waals surface area contributed by atoms with Crippen LogP contribution in [0.15, 0.2) is 24.3 Å². The Morgan fingerprint density at radius 3 is 2.17 bits per heavy atom. The van der Waals surface area contributed by atoms with Crippen molar-refractivity contribution in [1.82, 2.24) is 19.7 Å². The summed E-state index contributed by atoms with van der Waals surface area (Å²) in [6.07, 6.45) is 0.